The minimum Gasteiger partial charge on any atom is -0.353 e. The summed E-state index contributed by atoms with van der Waals surface area (Å²) in [7, 11) is 0. The van der Waals surface area contributed by atoms with Crippen LogP contribution in [0.4, 0.5) is 0 Å². The van der Waals surface area contributed by atoms with Gasteiger partial charge in [0.25, 0.3) is 0 Å². The number of rotatable bonds is 4. The molecular weight excluding hydrogens is 220 g/mol. The van der Waals surface area contributed by atoms with E-state index in [-0.39, 0.29) is 24.5 Å². The van der Waals surface area contributed by atoms with Gasteiger partial charge in [0.2, 0.25) is 0 Å². The smallest absolute Gasteiger partial charge is 0.353 e. The molecule has 1 unspecified atom stereocenters. The molecule has 0 saturated carbocycles. The average Bonchev–Trinajstić information content (AvgIpc) is 1.99. The van der Waals surface area contributed by atoms with Crippen LogP contribution in [-0.2, 0) is 9.47 Å². The standard InChI is InChI=1S/C7H11O2.BrH.Mg/c1-4-6-9-7(3)8-5-2;;/h7H,5-6H2,2-3H3;1H;/q;;+1/p-1. The highest BCUT2D eigenvalue weighted by Crippen LogP contribution is 1.90. The van der Waals surface area contributed by atoms with Gasteiger partial charge in [-0.1, -0.05) is 0 Å². The van der Waals surface area contributed by atoms with Gasteiger partial charge in [-0.2, -0.15) is 0 Å². The third kappa shape index (κ3) is 8.63. The van der Waals surface area contributed by atoms with Crippen molar-refractivity contribution < 1.29 is 9.47 Å². The average molecular weight is 231 g/mol. The zero-order chi connectivity index (χ0) is 8.53. The van der Waals surface area contributed by atoms with Crippen LogP contribution in [-0.4, -0.2) is 37.7 Å². The minimum absolute atomic E-state index is 0.133. The maximum absolute atomic E-state index is 5.19. The fourth-order valence-electron chi connectivity index (χ4n) is 0.540. The van der Waals surface area contributed by atoms with E-state index in [0.717, 1.165) is 0 Å². The van der Waals surface area contributed by atoms with E-state index in [1.54, 1.807) is 0 Å². The molecule has 0 aromatic heterocycles. The Bertz CT molecular complexity index is 141. The normalized spacial score (nSPS) is 11.2. The van der Waals surface area contributed by atoms with E-state index in [2.05, 4.69) is 22.9 Å². The van der Waals surface area contributed by atoms with Crippen molar-refractivity contribution in [3.05, 3.63) is 0 Å². The molecule has 0 aliphatic carbocycles. The molecule has 0 rings (SSSR count). The van der Waals surface area contributed by atoms with Gasteiger partial charge in [-0.3, -0.25) is 12.9 Å². The molecule has 4 heteroatoms. The Morgan fingerprint density at radius 2 is 2.27 bits per heavy atom. The second-order valence-electron chi connectivity index (χ2n) is 1.82. The van der Waals surface area contributed by atoms with Crippen LogP contribution in [0.25, 0.3) is 0 Å². The molecule has 0 aliphatic heterocycles. The maximum Gasteiger partial charge on any atom is 0.569 e. The summed E-state index contributed by atoms with van der Waals surface area (Å²) in [5.74, 6) is 2.89. The molecule has 0 amide bonds. The molecule has 0 N–H and O–H groups in total. The third-order valence-corrected chi connectivity index (χ3v) is 2.21. The molecule has 0 aromatic carbocycles. The highest BCUT2D eigenvalue weighted by Gasteiger charge is 1.96. The predicted octanol–water partition coefficient (Wildman–Crippen LogP) is 1.36. The van der Waals surface area contributed by atoms with Crippen LogP contribution < -0.4 is 0 Å². The van der Waals surface area contributed by atoms with Gasteiger partial charge < -0.3 is 9.47 Å². The van der Waals surface area contributed by atoms with Crippen LogP contribution in [0.3, 0.4) is 0 Å². The first-order chi connectivity index (χ1) is 5.31. The van der Waals surface area contributed by atoms with Gasteiger partial charge in [0.1, 0.15) is 6.61 Å². The summed E-state index contributed by atoms with van der Waals surface area (Å²) in [5.41, 5.74) is 0. The fourth-order valence-corrected chi connectivity index (χ4v) is 1.33. The lowest BCUT2D eigenvalue weighted by Crippen LogP contribution is -2.12. The molecule has 0 fully saturated rings. The van der Waals surface area contributed by atoms with E-state index >= 15 is 0 Å². The highest BCUT2D eigenvalue weighted by atomic mass is 79.9. The second kappa shape index (κ2) is 8.82. The van der Waals surface area contributed by atoms with Crippen molar-refractivity contribution in [2.75, 3.05) is 13.2 Å². The summed E-state index contributed by atoms with van der Waals surface area (Å²) in [6, 6.07) is 0. The molecule has 0 heterocycles. The molecule has 0 spiro atoms. The Kier molecular flexibility index (Phi) is 9.40. The summed E-state index contributed by atoms with van der Waals surface area (Å²) in [4.78, 5) is 0. The SMILES string of the molecule is CCOC(C)OCC#[C][Mg][Br]. The van der Waals surface area contributed by atoms with Crippen LogP contribution >= 0.6 is 12.9 Å². The van der Waals surface area contributed by atoms with Gasteiger partial charge in [0.15, 0.2) is 6.29 Å². The van der Waals surface area contributed by atoms with Crippen LogP contribution in [0.5, 0.6) is 0 Å². The molecule has 0 aromatic rings. The lowest BCUT2D eigenvalue weighted by atomic mass is 10.7. The van der Waals surface area contributed by atoms with E-state index in [1.165, 1.54) is 0 Å². The first-order valence-corrected chi connectivity index (χ1v) is 8.16. The van der Waals surface area contributed by atoms with E-state index in [4.69, 9.17) is 9.47 Å². The van der Waals surface area contributed by atoms with Gasteiger partial charge in [-0.05, 0) is 13.8 Å². The zero-order valence-electron chi connectivity index (χ0n) is 6.89. The van der Waals surface area contributed by atoms with Crippen molar-refractivity contribution in [2.24, 2.45) is 0 Å². The summed E-state index contributed by atoms with van der Waals surface area (Å²) in [5, 5.41) is 0. The van der Waals surface area contributed by atoms with Gasteiger partial charge >= 0.3 is 18.2 Å². The Morgan fingerprint density at radius 1 is 1.55 bits per heavy atom. The van der Waals surface area contributed by atoms with Crippen molar-refractivity contribution in [1.82, 2.24) is 0 Å². The third-order valence-electron chi connectivity index (χ3n) is 0.983. The molecule has 0 bridgehead atoms. The first-order valence-electron chi connectivity index (χ1n) is 3.56. The van der Waals surface area contributed by atoms with Crippen molar-refractivity contribution in [3.8, 4) is 9.97 Å². The van der Waals surface area contributed by atoms with Gasteiger partial charge in [0, 0.05) is 6.61 Å². The van der Waals surface area contributed by atoms with E-state index in [0.29, 0.717) is 13.2 Å². The number of hydrogen-bond donors (Lipinski definition) is 0. The number of hydrogen-bond acceptors (Lipinski definition) is 2. The Morgan fingerprint density at radius 3 is 2.82 bits per heavy atom. The van der Waals surface area contributed by atoms with Crippen molar-refractivity contribution in [2.45, 2.75) is 20.1 Å². The second-order valence-corrected chi connectivity index (χ2v) is 4.12. The quantitative estimate of drug-likeness (QED) is 0.413. The van der Waals surface area contributed by atoms with Crippen LogP contribution in [0.1, 0.15) is 13.8 Å². The lowest BCUT2D eigenvalue weighted by Gasteiger charge is -2.09. The lowest BCUT2D eigenvalue weighted by molar-refractivity contribution is -0.117. The molecule has 2 nitrogen and oxygen atoms in total. The summed E-state index contributed by atoms with van der Waals surface area (Å²) < 4.78 is 13.3. The Labute approximate surface area is 83.6 Å². The van der Waals surface area contributed by atoms with E-state index < -0.39 is 0 Å². The maximum atomic E-state index is 5.19. The summed E-state index contributed by atoms with van der Waals surface area (Å²) in [6.07, 6.45) is -0.133. The fraction of sp³-hybridized carbons (Fsp3) is 0.714. The monoisotopic (exact) mass is 230 g/mol. The molecule has 1 atom stereocenters. The van der Waals surface area contributed by atoms with Crippen LogP contribution in [0, 0.1) is 9.97 Å². The topological polar surface area (TPSA) is 18.5 Å². The zero-order valence-corrected chi connectivity index (χ0v) is 9.89. The molecule has 0 aliphatic rings. The molecular formula is C7H11BrMgO2. The Hall–Kier alpha value is 0.726. The Balaban J connectivity index is 3.23. The largest absolute Gasteiger partial charge is 0.569 e. The summed E-state index contributed by atoms with van der Waals surface area (Å²) >= 11 is 3.01. The molecule has 60 valence electrons. The first kappa shape index (κ1) is 11.7. The van der Waals surface area contributed by atoms with E-state index in [9.17, 15) is 0 Å². The van der Waals surface area contributed by atoms with E-state index in [1.807, 2.05) is 13.8 Å². The van der Waals surface area contributed by atoms with Crippen molar-refractivity contribution in [3.63, 3.8) is 0 Å². The van der Waals surface area contributed by atoms with Crippen molar-refractivity contribution in [1.29, 1.82) is 0 Å². The highest BCUT2D eigenvalue weighted by molar-refractivity contribution is 9.23. The molecule has 0 saturated heterocycles. The molecule has 0 radical (unpaired) electrons. The van der Waals surface area contributed by atoms with Gasteiger partial charge in [0.05, 0.1) is 0 Å². The molecule has 11 heavy (non-hydrogen) atoms. The van der Waals surface area contributed by atoms with Crippen LogP contribution in [0.2, 0.25) is 0 Å². The van der Waals surface area contributed by atoms with Gasteiger partial charge in [-0.25, -0.2) is 4.05 Å². The van der Waals surface area contributed by atoms with Crippen LogP contribution in [0.15, 0.2) is 0 Å². The summed E-state index contributed by atoms with van der Waals surface area (Å²) in [6.45, 7) is 4.97. The number of ether oxygens (including phenoxy) is 2. The predicted molar refractivity (Wildman–Crippen MR) is 49.5 cm³/mol. The number of halogens is 1. The minimum atomic E-state index is -0.312. The van der Waals surface area contributed by atoms with Gasteiger partial charge in [-0.15, -0.1) is 5.92 Å². The van der Waals surface area contributed by atoms with Crippen molar-refractivity contribution >= 4 is 31.1 Å².